The van der Waals surface area contributed by atoms with E-state index in [9.17, 15) is 14.9 Å². The molecule has 2 atom stereocenters. The smallest absolute Gasteiger partial charge is 0.270 e. The predicted octanol–water partition coefficient (Wildman–Crippen LogP) is 4.96. The minimum absolute atomic E-state index is 0.0795. The first-order chi connectivity index (χ1) is 12.3. The number of carbonyl (C=O) groups is 1. The molecule has 0 aromatic heterocycles. The molecule has 2 aromatic rings. The Labute approximate surface area is 157 Å². The molecule has 1 saturated heterocycles. The first-order valence-electron chi connectivity index (χ1n) is 8.69. The van der Waals surface area contributed by atoms with Gasteiger partial charge in [0.15, 0.2) is 5.78 Å². The van der Waals surface area contributed by atoms with E-state index in [0.29, 0.717) is 28.0 Å². The molecule has 1 aliphatic rings. The average molecular weight is 373 g/mol. The average Bonchev–Trinajstić information content (AvgIpc) is 2.60. The predicted molar refractivity (Wildman–Crippen MR) is 103 cm³/mol. The summed E-state index contributed by atoms with van der Waals surface area (Å²) in [6.07, 6.45) is 1.14. The summed E-state index contributed by atoms with van der Waals surface area (Å²) in [5.41, 5.74) is 1.51. The van der Waals surface area contributed by atoms with Crippen molar-refractivity contribution in [3.05, 3.63) is 68.7 Å². The zero-order valence-electron chi connectivity index (χ0n) is 14.8. The third-order valence-corrected chi connectivity index (χ3v) is 5.00. The number of carbonyl (C=O) groups excluding carboxylic acids is 1. The van der Waals surface area contributed by atoms with Crippen LogP contribution < -0.4 is 4.90 Å². The Morgan fingerprint density at radius 3 is 2.31 bits per heavy atom. The molecule has 0 aliphatic carbocycles. The van der Waals surface area contributed by atoms with Gasteiger partial charge in [0.2, 0.25) is 0 Å². The van der Waals surface area contributed by atoms with E-state index >= 15 is 0 Å². The second-order valence-corrected chi connectivity index (χ2v) is 7.58. The van der Waals surface area contributed by atoms with E-state index < -0.39 is 4.92 Å². The summed E-state index contributed by atoms with van der Waals surface area (Å²) < 4.78 is 0. The van der Waals surface area contributed by atoms with E-state index in [1.807, 2.05) is 0 Å². The number of nitro benzene ring substituents is 1. The second-order valence-electron chi connectivity index (χ2n) is 7.15. The molecule has 0 saturated carbocycles. The molecular weight excluding hydrogens is 352 g/mol. The molecule has 2 aromatic carbocycles. The molecule has 6 heteroatoms. The maximum Gasteiger partial charge on any atom is 0.270 e. The number of ketones is 1. The minimum Gasteiger partial charge on any atom is -0.370 e. The maximum absolute atomic E-state index is 13.1. The van der Waals surface area contributed by atoms with E-state index in [4.69, 9.17) is 11.6 Å². The molecule has 1 aliphatic heterocycles. The Morgan fingerprint density at radius 2 is 1.73 bits per heavy atom. The number of rotatable bonds is 4. The van der Waals surface area contributed by atoms with Gasteiger partial charge in [0, 0.05) is 41.5 Å². The van der Waals surface area contributed by atoms with Gasteiger partial charge < -0.3 is 4.90 Å². The lowest BCUT2D eigenvalue weighted by atomic mass is 9.90. The molecule has 2 unspecified atom stereocenters. The standard InChI is InChI=1S/C20H21ClN2O3/c1-13-9-14(2)12-22(11-13)19-8-7-17(23(25)26)10-18(19)20(24)15-3-5-16(21)6-4-15/h3-8,10,13-14H,9,11-12H2,1-2H3. The molecule has 0 N–H and O–H groups in total. The van der Waals surface area contributed by atoms with Gasteiger partial charge in [0.1, 0.15) is 0 Å². The van der Waals surface area contributed by atoms with Crippen molar-refractivity contribution in [2.75, 3.05) is 18.0 Å². The van der Waals surface area contributed by atoms with Crippen LogP contribution >= 0.6 is 11.6 Å². The topological polar surface area (TPSA) is 63.4 Å². The number of nitrogens with zero attached hydrogens (tertiary/aromatic N) is 2. The van der Waals surface area contributed by atoms with E-state index in [1.165, 1.54) is 12.1 Å². The van der Waals surface area contributed by atoms with Crippen molar-refractivity contribution < 1.29 is 9.72 Å². The molecule has 1 fully saturated rings. The number of halogens is 1. The monoisotopic (exact) mass is 372 g/mol. The largest absolute Gasteiger partial charge is 0.370 e. The van der Waals surface area contributed by atoms with Gasteiger partial charge in [-0.05, 0) is 48.6 Å². The molecule has 26 heavy (non-hydrogen) atoms. The highest BCUT2D eigenvalue weighted by atomic mass is 35.5. The van der Waals surface area contributed by atoms with Crippen LogP contribution in [0.2, 0.25) is 5.02 Å². The fraction of sp³-hybridized carbons (Fsp3) is 0.350. The highest BCUT2D eigenvalue weighted by Crippen LogP contribution is 2.32. The van der Waals surface area contributed by atoms with Crippen LogP contribution in [0.4, 0.5) is 11.4 Å². The molecule has 0 amide bonds. The molecule has 1 heterocycles. The molecule has 136 valence electrons. The summed E-state index contributed by atoms with van der Waals surface area (Å²) in [5.74, 6) is 0.783. The fourth-order valence-corrected chi connectivity index (χ4v) is 3.84. The van der Waals surface area contributed by atoms with Gasteiger partial charge in [-0.2, -0.15) is 0 Å². The lowest BCUT2D eigenvalue weighted by Crippen LogP contribution is -2.39. The summed E-state index contributed by atoms with van der Waals surface area (Å²) in [6, 6.07) is 11.2. The van der Waals surface area contributed by atoms with Gasteiger partial charge >= 0.3 is 0 Å². The second kappa shape index (κ2) is 7.46. The normalized spacial score (nSPS) is 20.0. The van der Waals surface area contributed by atoms with Gasteiger partial charge in [0.25, 0.3) is 5.69 Å². The van der Waals surface area contributed by atoms with Crippen molar-refractivity contribution in [1.82, 2.24) is 0 Å². The third-order valence-electron chi connectivity index (χ3n) is 4.75. The zero-order chi connectivity index (χ0) is 18.8. The fourth-order valence-electron chi connectivity index (χ4n) is 3.71. The first kappa shape index (κ1) is 18.4. The van der Waals surface area contributed by atoms with E-state index in [2.05, 4.69) is 18.7 Å². The van der Waals surface area contributed by atoms with Crippen molar-refractivity contribution in [1.29, 1.82) is 0 Å². The van der Waals surface area contributed by atoms with E-state index in [-0.39, 0.29) is 11.5 Å². The molecule has 0 radical (unpaired) electrons. The number of hydrogen-bond acceptors (Lipinski definition) is 4. The van der Waals surface area contributed by atoms with Gasteiger partial charge in [-0.3, -0.25) is 14.9 Å². The quantitative estimate of drug-likeness (QED) is 0.432. The molecule has 3 rings (SSSR count). The van der Waals surface area contributed by atoms with Crippen molar-refractivity contribution in [2.24, 2.45) is 11.8 Å². The van der Waals surface area contributed by atoms with E-state index in [0.717, 1.165) is 25.2 Å². The number of benzene rings is 2. The molecule has 0 bridgehead atoms. The number of hydrogen-bond donors (Lipinski definition) is 0. The molecular formula is C20H21ClN2O3. The van der Waals surface area contributed by atoms with Crippen LogP contribution in [0.5, 0.6) is 0 Å². The lowest BCUT2D eigenvalue weighted by Gasteiger charge is -2.37. The van der Waals surface area contributed by atoms with Crippen LogP contribution in [-0.2, 0) is 0 Å². The van der Waals surface area contributed by atoms with Crippen molar-refractivity contribution in [3.8, 4) is 0 Å². The third kappa shape index (κ3) is 3.88. The Morgan fingerprint density at radius 1 is 1.12 bits per heavy atom. The van der Waals surface area contributed by atoms with Crippen molar-refractivity contribution in [2.45, 2.75) is 20.3 Å². The Kier molecular flexibility index (Phi) is 5.28. The summed E-state index contributed by atoms with van der Waals surface area (Å²) in [4.78, 5) is 26.0. The number of non-ortho nitro benzene ring substituents is 1. The molecule has 5 nitrogen and oxygen atoms in total. The lowest BCUT2D eigenvalue weighted by molar-refractivity contribution is -0.384. The number of piperidine rings is 1. The minimum atomic E-state index is -0.468. The zero-order valence-corrected chi connectivity index (χ0v) is 15.6. The van der Waals surface area contributed by atoms with Gasteiger partial charge in [-0.1, -0.05) is 25.4 Å². The highest BCUT2D eigenvalue weighted by Gasteiger charge is 2.27. The van der Waals surface area contributed by atoms with Gasteiger partial charge in [0.05, 0.1) is 10.5 Å². The number of anilines is 1. The van der Waals surface area contributed by atoms with Crippen LogP contribution in [0.1, 0.15) is 36.2 Å². The van der Waals surface area contributed by atoms with Crippen LogP contribution in [0, 0.1) is 22.0 Å². The van der Waals surface area contributed by atoms with Crippen molar-refractivity contribution >= 4 is 28.8 Å². The summed E-state index contributed by atoms with van der Waals surface area (Å²) >= 11 is 5.91. The molecule has 0 spiro atoms. The Balaban J connectivity index is 2.05. The summed E-state index contributed by atoms with van der Waals surface area (Å²) in [7, 11) is 0. The van der Waals surface area contributed by atoms with Crippen LogP contribution in [0.15, 0.2) is 42.5 Å². The van der Waals surface area contributed by atoms with Crippen LogP contribution in [0.25, 0.3) is 0 Å². The first-order valence-corrected chi connectivity index (χ1v) is 9.06. The number of nitro groups is 1. The summed E-state index contributed by atoms with van der Waals surface area (Å²) in [5, 5.41) is 11.8. The Bertz CT molecular complexity index is 825. The maximum atomic E-state index is 13.1. The van der Waals surface area contributed by atoms with Crippen LogP contribution in [-0.4, -0.2) is 23.8 Å². The highest BCUT2D eigenvalue weighted by molar-refractivity contribution is 6.30. The van der Waals surface area contributed by atoms with Crippen molar-refractivity contribution in [3.63, 3.8) is 0 Å². The van der Waals surface area contributed by atoms with Gasteiger partial charge in [-0.15, -0.1) is 0 Å². The SMILES string of the molecule is CC1CC(C)CN(c2ccc([N+](=O)[O-])cc2C(=O)c2ccc(Cl)cc2)C1. The van der Waals surface area contributed by atoms with E-state index in [1.54, 1.807) is 30.3 Å². The van der Waals surface area contributed by atoms with Gasteiger partial charge in [-0.25, -0.2) is 0 Å². The summed E-state index contributed by atoms with van der Waals surface area (Å²) in [6.45, 7) is 6.05. The Hall–Kier alpha value is -2.40. The van der Waals surface area contributed by atoms with Crippen LogP contribution in [0.3, 0.4) is 0 Å².